The van der Waals surface area contributed by atoms with Gasteiger partial charge in [-0.3, -0.25) is 0 Å². The van der Waals surface area contributed by atoms with Crippen molar-refractivity contribution in [2.24, 2.45) is 5.73 Å². The van der Waals surface area contributed by atoms with Crippen LogP contribution in [0.1, 0.15) is 18.1 Å². The van der Waals surface area contributed by atoms with E-state index in [1.54, 1.807) is 6.07 Å². The highest BCUT2D eigenvalue weighted by atomic mass is 35.5. The molecule has 0 atom stereocenters. The van der Waals surface area contributed by atoms with Crippen molar-refractivity contribution in [2.75, 3.05) is 6.54 Å². The summed E-state index contributed by atoms with van der Waals surface area (Å²) in [7, 11) is 0. The largest absolute Gasteiger partial charge is 0.330 e. The summed E-state index contributed by atoms with van der Waals surface area (Å²) in [5, 5.41) is 0.197. The third-order valence-electron chi connectivity index (χ3n) is 1.98. The molecule has 0 unspecified atom stereocenters. The van der Waals surface area contributed by atoms with E-state index in [1.807, 2.05) is 13.0 Å². The maximum atomic E-state index is 13.3. The zero-order chi connectivity index (χ0) is 9.84. The van der Waals surface area contributed by atoms with E-state index < -0.39 is 0 Å². The first-order valence-corrected chi connectivity index (χ1v) is 4.73. The Morgan fingerprint density at radius 2 is 2.15 bits per heavy atom. The second-order valence-electron chi connectivity index (χ2n) is 2.94. The normalized spacial score (nSPS) is 10.5. The van der Waals surface area contributed by atoms with Crippen LogP contribution in [-0.4, -0.2) is 6.54 Å². The van der Waals surface area contributed by atoms with E-state index >= 15 is 0 Å². The van der Waals surface area contributed by atoms with Gasteiger partial charge in [0.05, 0.1) is 5.02 Å². The molecule has 72 valence electrons. The minimum Gasteiger partial charge on any atom is -0.330 e. The predicted molar refractivity (Wildman–Crippen MR) is 53.5 cm³/mol. The van der Waals surface area contributed by atoms with Crippen LogP contribution in [0.5, 0.6) is 0 Å². The summed E-state index contributed by atoms with van der Waals surface area (Å²) < 4.78 is 13.3. The molecule has 1 nitrogen and oxygen atoms in total. The smallest absolute Gasteiger partial charge is 0.144 e. The van der Waals surface area contributed by atoms with Crippen molar-refractivity contribution in [1.29, 1.82) is 0 Å². The summed E-state index contributed by atoms with van der Waals surface area (Å²) in [6, 6.07) is 3.47. The van der Waals surface area contributed by atoms with Gasteiger partial charge in [-0.25, -0.2) is 4.39 Å². The molecule has 3 heteroatoms. The first-order chi connectivity index (χ1) is 6.19. The van der Waals surface area contributed by atoms with Gasteiger partial charge in [-0.2, -0.15) is 0 Å². The van der Waals surface area contributed by atoms with Gasteiger partial charge in [-0.05, 0) is 36.6 Å². The van der Waals surface area contributed by atoms with Gasteiger partial charge in [0.1, 0.15) is 5.82 Å². The Kier molecular flexibility index (Phi) is 3.70. The Balaban J connectivity index is 3.06. The number of hydrogen-bond donors (Lipinski definition) is 1. The van der Waals surface area contributed by atoms with Crippen LogP contribution in [0.4, 0.5) is 4.39 Å². The number of rotatable bonds is 3. The standard InChI is InChI=1S/C10H13ClFN/c1-2-8-5-7(3-4-13)6-9(11)10(8)12/h5-6H,2-4,13H2,1H3. The maximum absolute atomic E-state index is 13.3. The summed E-state index contributed by atoms with van der Waals surface area (Å²) in [5.74, 6) is -0.301. The fraction of sp³-hybridized carbons (Fsp3) is 0.400. The lowest BCUT2D eigenvalue weighted by molar-refractivity contribution is 0.611. The molecule has 0 aliphatic heterocycles. The van der Waals surface area contributed by atoms with Crippen molar-refractivity contribution in [2.45, 2.75) is 19.8 Å². The molecule has 13 heavy (non-hydrogen) atoms. The summed E-state index contributed by atoms with van der Waals surface area (Å²) in [5.41, 5.74) is 7.07. The van der Waals surface area contributed by atoms with Gasteiger partial charge in [-0.1, -0.05) is 24.6 Å². The van der Waals surface area contributed by atoms with Crippen LogP contribution in [0, 0.1) is 5.82 Å². The number of halogens is 2. The quantitative estimate of drug-likeness (QED) is 0.799. The van der Waals surface area contributed by atoms with Crippen LogP contribution >= 0.6 is 11.6 Å². The van der Waals surface area contributed by atoms with Crippen LogP contribution in [-0.2, 0) is 12.8 Å². The molecule has 0 spiro atoms. The molecule has 0 aliphatic rings. The average molecular weight is 202 g/mol. The minimum absolute atomic E-state index is 0.197. The lowest BCUT2D eigenvalue weighted by Gasteiger charge is -2.05. The average Bonchev–Trinajstić information content (AvgIpc) is 2.11. The van der Waals surface area contributed by atoms with E-state index in [-0.39, 0.29) is 10.8 Å². The molecule has 0 saturated heterocycles. The van der Waals surface area contributed by atoms with Gasteiger partial charge in [0, 0.05) is 0 Å². The van der Waals surface area contributed by atoms with Crippen molar-refractivity contribution >= 4 is 11.6 Å². The number of aryl methyl sites for hydroxylation is 1. The van der Waals surface area contributed by atoms with Crippen LogP contribution in [0.3, 0.4) is 0 Å². The van der Waals surface area contributed by atoms with Gasteiger partial charge in [0.15, 0.2) is 0 Å². The summed E-state index contributed by atoms with van der Waals surface area (Å²) in [6.45, 7) is 2.46. The molecule has 0 aliphatic carbocycles. The minimum atomic E-state index is -0.301. The van der Waals surface area contributed by atoms with Crippen LogP contribution in [0.15, 0.2) is 12.1 Å². The number of benzene rings is 1. The van der Waals surface area contributed by atoms with Gasteiger partial charge in [0.25, 0.3) is 0 Å². The molecule has 0 bridgehead atoms. The number of hydrogen-bond acceptors (Lipinski definition) is 1. The third-order valence-corrected chi connectivity index (χ3v) is 2.25. The summed E-state index contributed by atoms with van der Waals surface area (Å²) in [6.07, 6.45) is 1.40. The van der Waals surface area contributed by atoms with Crippen LogP contribution in [0.25, 0.3) is 0 Å². The van der Waals surface area contributed by atoms with E-state index in [0.717, 1.165) is 12.0 Å². The highest BCUT2D eigenvalue weighted by Gasteiger charge is 2.06. The predicted octanol–water partition coefficient (Wildman–Crippen LogP) is 2.54. The van der Waals surface area contributed by atoms with E-state index in [2.05, 4.69) is 0 Å². The van der Waals surface area contributed by atoms with Crippen molar-refractivity contribution in [1.82, 2.24) is 0 Å². The van der Waals surface area contributed by atoms with Gasteiger partial charge in [0.2, 0.25) is 0 Å². The first-order valence-electron chi connectivity index (χ1n) is 4.36. The van der Waals surface area contributed by atoms with E-state index in [4.69, 9.17) is 17.3 Å². The number of nitrogens with two attached hydrogens (primary N) is 1. The summed E-state index contributed by atoms with van der Waals surface area (Å²) >= 11 is 5.72. The zero-order valence-electron chi connectivity index (χ0n) is 7.61. The van der Waals surface area contributed by atoms with Crippen LogP contribution < -0.4 is 5.73 Å². The van der Waals surface area contributed by atoms with Gasteiger partial charge in [-0.15, -0.1) is 0 Å². The van der Waals surface area contributed by atoms with E-state index in [1.165, 1.54) is 0 Å². The Bertz CT molecular complexity index is 299. The zero-order valence-corrected chi connectivity index (χ0v) is 8.37. The Morgan fingerprint density at radius 3 is 2.69 bits per heavy atom. The van der Waals surface area contributed by atoms with Crippen molar-refractivity contribution in [3.63, 3.8) is 0 Å². The lowest BCUT2D eigenvalue weighted by atomic mass is 10.1. The molecule has 0 heterocycles. The molecule has 1 aromatic carbocycles. The third kappa shape index (κ3) is 2.42. The topological polar surface area (TPSA) is 26.0 Å². The second kappa shape index (κ2) is 4.58. The molecule has 0 aromatic heterocycles. The molecule has 0 fully saturated rings. The molecule has 1 aromatic rings. The van der Waals surface area contributed by atoms with Gasteiger partial charge < -0.3 is 5.73 Å². The van der Waals surface area contributed by atoms with Crippen molar-refractivity contribution < 1.29 is 4.39 Å². The highest BCUT2D eigenvalue weighted by Crippen LogP contribution is 2.21. The monoisotopic (exact) mass is 201 g/mol. The van der Waals surface area contributed by atoms with Crippen LogP contribution in [0.2, 0.25) is 5.02 Å². The second-order valence-corrected chi connectivity index (χ2v) is 3.35. The lowest BCUT2D eigenvalue weighted by Crippen LogP contribution is -2.04. The van der Waals surface area contributed by atoms with Gasteiger partial charge >= 0.3 is 0 Å². The molecule has 1 rings (SSSR count). The van der Waals surface area contributed by atoms with Crippen molar-refractivity contribution in [3.8, 4) is 0 Å². The van der Waals surface area contributed by atoms with Crippen molar-refractivity contribution in [3.05, 3.63) is 34.1 Å². The Morgan fingerprint density at radius 1 is 1.46 bits per heavy atom. The van der Waals surface area contributed by atoms with E-state index in [9.17, 15) is 4.39 Å². The first kappa shape index (κ1) is 10.5. The fourth-order valence-corrected chi connectivity index (χ4v) is 1.54. The molecular weight excluding hydrogens is 189 g/mol. The fourth-order valence-electron chi connectivity index (χ4n) is 1.28. The molecule has 0 radical (unpaired) electrons. The summed E-state index contributed by atoms with van der Waals surface area (Å²) in [4.78, 5) is 0. The highest BCUT2D eigenvalue weighted by molar-refractivity contribution is 6.30. The Labute approximate surface area is 82.7 Å². The van der Waals surface area contributed by atoms with E-state index in [0.29, 0.717) is 18.5 Å². The SMILES string of the molecule is CCc1cc(CCN)cc(Cl)c1F. The molecule has 0 amide bonds. The maximum Gasteiger partial charge on any atom is 0.144 e. The molecular formula is C10H13ClFN. The molecule has 2 N–H and O–H groups in total. The Hall–Kier alpha value is -0.600. The molecule has 0 saturated carbocycles.